The van der Waals surface area contributed by atoms with Gasteiger partial charge >= 0.3 is 5.97 Å². The lowest BCUT2D eigenvalue weighted by Gasteiger charge is -2.08. The Bertz CT molecular complexity index is 707. The van der Waals surface area contributed by atoms with Crippen LogP contribution in [0, 0.1) is 5.82 Å². The van der Waals surface area contributed by atoms with Gasteiger partial charge in [0, 0.05) is 18.1 Å². The number of carbonyl (C=O) groups excluding carboxylic acids is 2. The van der Waals surface area contributed by atoms with Crippen molar-refractivity contribution in [1.29, 1.82) is 0 Å². The van der Waals surface area contributed by atoms with Gasteiger partial charge in [0.05, 0.1) is 5.02 Å². The fourth-order valence-corrected chi connectivity index (χ4v) is 3.03. The third-order valence-electron chi connectivity index (χ3n) is 3.18. The fraction of sp³-hybridized carbons (Fsp3) is 0.222. The Balaban J connectivity index is 1.64. The van der Waals surface area contributed by atoms with E-state index in [1.54, 1.807) is 11.8 Å². The number of carbonyl (C=O) groups is 2. The van der Waals surface area contributed by atoms with E-state index in [0.29, 0.717) is 6.54 Å². The number of hydrogen-bond donors (Lipinski definition) is 1. The highest BCUT2D eigenvalue weighted by Crippen LogP contribution is 2.19. The smallest absolute Gasteiger partial charge is 0.343 e. The number of rotatable bonds is 8. The molecule has 2 aromatic carbocycles. The molecular weight excluding hydrogens is 365 g/mol. The molecule has 132 valence electrons. The number of hydrogen-bond acceptors (Lipinski definition) is 4. The fourth-order valence-electron chi connectivity index (χ4n) is 1.97. The molecular formula is C18H17ClFNO3S. The summed E-state index contributed by atoms with van der Waals surface area (Å²) in [6, 6.07) is 13.9. The molecule has 4 nitrogen and oxygen atoms in total. The first-order chi connectivity index (χ1) is 12.1. The average Bonchev–Trinajstić information content (AvgIpc) is 2.60. The van der Waals surface area contributed by atoms with E-state index in [9.17, 15) is 14.0 Å². The summed E-state index contributed by atoms with van der Waals surface area (Å²) in [5.41, 5.74) is 0.852. The average molecular weight is 382 g/mol. The molecule has 0 radical (unpaired) electrons. The molecule has 0 bridgehead atoms. The minimum absolute atomic E-state index is 0.0530. The number of thioether (sulfide) groups is 1. The highest BCUT2D eigenvalue weighted by molar-refractivity contribution is 7.98. The third kappa shape index (κ3) is 6.40. The van der Waals surface area contributed by atoms with Crippen molar-refractivity contribution in [3.63, 3.8) is 0 Å². The van der Waals surface area contributed by atoms with E-state index < -0.39 is 24.3 Å². The second-order valence-electron chi connectivity index (χ2n) is 5.06. The summed E-state index contributed by atoms with van der Waals surface area (Å²) in [6.07, 6.45) is 0. The molecule has 0 heterocycles. The zero-order chi connectivity index (χ0) is 18.1. The zero-order valence-electron chi connectivity index (χ0n) is 13.3. The highest BCUT2D eigenvalue weighted by Gasteiger charge is 2.18. The second kappa shape index (κ2) is 10.1. The van der Waals surface area contributed by atoms with Crippen molar-refractivity contribution >= 4 is 35.2 Å². The number of amides is 1. The monoisotopic (exact) mass is 381 g/mol. The normalized spacial score (nSPS) is 10.3. The third-order valence-corrected chi connectivity index (χ3v) is 4.53. The Morgan fingerprint density at radius 3 is 2.60 bits per heavy atom. The van der Waals surface area contributed by atoms with Crippen LogP contribution in [0.15, 0.2) is 48.5 Å². The van der Waals surface area contributed by atoms with Crippen LogP contribution in [0.1, 0.15) is 15.9 Å². The lowest BCUT2D eigenvalue weighted by atomic mass is 10.2. The molecule has 0 aliphatic carbocycles. The predicted octanol–water partition coefficient (Wildman–Crippen LogP) is 3.69. The van der Waals surface area contributed by atoms with Gasteiger partial charge in [0.25, 0.3) is 5.91 Å². The van der Waals surface area contributed by atoms with Gasteiger partial charge in [-0.15, -0.1) is 0 Å². The second-order valence-corrected chi connectivity index (χ2v) is 6.57. The highest BCUT2D eigenvalue weighted by atomic mass is 35.5. The molecule has 7 heteroatoms. The minimum Gasteiger partial charge on any atom is -0.452 e. The van der Waals surface area contributed by atoms with Gasteiger partial charge < -0.3 is 10.1 Å². The summed E-state index contributed by atoms with van der Waals surface area (Å²) >= 11 is 7.45. The Morgan fingerprint density at radius 2 is 1.88 bits per heavy atom. The van der Waals surface area contributed by atoms with E-state index in [-0.39, 0.29) is 10.6 Å². The molecule has 0 spiro atoms. The summed E-state index contributed by atoms with van der Waals surface area (Å²) in [5, 5.41) is 2.59. The first-order valence-corrected chi connectivity index (χ1v) is 9.10. The molecule has 25 heavy (non-hydrogen) atoms. The van der Waals surface area contributed by atoms with E-state index in [1.807, 2.05) is 30.3 Å². The molecule has 1 N–H and O–H groups in total. The lowest BCUT2D eigenvalue weighted by Crippen LogP contribution is -2.30. The van der Waals surface area contributed by atoms with Crippen LogP contribution in [0.3, 0.4) is 0 Å². The molecule has 0 aliphatic heterocycles. The largest absolute Gasteiger partial charge is 0.452 e. The number of esters is 1. The zero-order valence-corrected chi connectivity index (χ0v) is 14.9. The lowest BCUT2D eigenvalue weighted by molar-refractivity contribution is -0.124. The van der Waals surface area contributed by atoms with E-state index in [2.05, 4.69) is 5.32 Å². The van der Waals surface area contributed by atoms with Gasteiger partial charge in [0.2, 0.25) is 0 Å². The van der Waals surface area contributed by atoms with Crippen LogP contribution in [-0.4, -0.2) is 30.8 Å². The number of benzene rings is 2. The van der Waals surface area contributed by atoms with Crippen LogP contribution in [0.2, 0.25) is 5.02 Å². The van der Waals surface area contributed by atoms with Crippen LogP contribution in [0.4, 0.5) is 4.39 Å². The Kier molecular flexibility index (Phi) is 7.76. The summed E-state index contributed by atoms with van der Waals surface area (Å²) in [6.45, 7) is -0.0266. The first-order valence-electron chi connectivity index (χ1n) is 7.57. The minimum atomic E-state index is -0.961. The number of ether oxygens (including phenoxy) is 1. The Hall–Kier alpha value is -2.05. The van der Waals surface area contributed by atoms with E-state index in [4.69, 9.17) is 16.3 Å². The topological polar surface area (TPSA) is 55.4 Å². The molecule has 0 aliphatic rings. The molecule has 1 amide bonds. The van der Waals surface area contributed by atoms with Gasteiger partial charge in [-0.3, -0.25) is 4.79 Å². The van der Waals surface area contributed by atoms with Crippen molar-refractivity contribution in [2.45, 2.75) is 5.75 Å². The van der Waals surface area contributed by atoms with Gasteiger partial charge in [-0.2, -0.15) is 11.8 Å². The Morgan fingerprint density at radius 1 is 1.12 bits per heavy atom. The predicted molar refractivity (Wildman–Crippen MR) is 97.3 cm³/mol. The molecule has 0 saturated heterocycles. The van der Waals surface area contributed by atoms with Crippen LogP contribution in [0.25, 0.3) is 0 Å². The van der Waals surface area contributed by atoms with Crippen molar-refractivity contribution in [2.24, 2.45) is 0 Å². The molecule has 2 rings (SSSR count). The quantitative estimate of drug-likeness (QED) is 0.559. The van der Waals surface area contributed by atoms with E-state index >= 15 is 0 Å². The van der Waals surface area contributed by atoms with Gasteiger partial charge in [0.1, 0.15) is 11.4 Å². The van der Waals surface area contributed by atoms with E-state index in [1.165, 1.54) is 17.7 Å². The molecule has 0 atom stereocenters. The molecule has 2 aromatic rings. The van der Waals surface area contributed by atoms with Gasteiger partial charge in [-0.25, -0.2) is 9.18 Å². The maximum Gasteiger partial charge on any atom is 0.343 e. The van der Waals surface area contributed by atoms with Crippen molar-refractivity contribution in [3.8, 4) is 0 Å². The van der Waals surface area contributed by atoms with Gasteiger partial charge in [0.15, 0.2) is 6.61 Å². The number of halogens is 2. The summed E-state index contributed by atoms with van der Waals surface area (Å²) < 4.78 is 18.4. The van der Waals surface area contributed by atoms with Crippen molar-refractivity contribution in [3.05, 3.63) is 70.5 Å². The van der Waals surface area contributed by atoms with Crippen LogP contribution >= 0.6 is 23.4 Å². The number of nitrogens with one attached hydrogen (secondary N) is 1. The maximum atomic E-state index is 13.6. The summed E-state index contributed by atoms with van der Waals surface area (Å²) in [7, 11) is 0. The summed E-state index contributed by atoms with van der Waals surface area (Å²) in [4.78, 5) is 23.5. The summed E-state index contributed by atoms with van der Waals surface area (Å²) in [5.74, 6) is -0.599. The van der Waals surface area contributed by atoms with Crippen molar-refractivity contribution in [2.75, 3.05) is 18.9 Å². The van der Waals surface area contributed by atoms with Gasteiger partial charge in [-0.05, 0) is 17.7 Å². The van der Waals surface area contributed by atoms with E-state index in [0.717, 1.165) is 17.6 Å². The molecule has 0 saturated carbocycles. The molecule has 0 unspecified atom stereocenters. The SMILES string of the molecule is O=C(COC(=O)c1c(F)cccc1Cl)NCCSCc1ccccc1. The van der Waals surface area contributed by atoms with Crippen LogP contribution in [0.5, 0.6) is 0 Å². The van der Waals surface area contributed by atoms with Crippen molar-refractivity contribution < 1.29 is 18.7 Å². The Labute approximate surface area is 154 Å². The van der Waals surface area contributed by atoms with Crippen molar-refractivity contribution in [1.82, 2.24) is 5.32 Å². The maximum absolute atomic E-state index is 13.6. The van der Waals surface area contributed by atoms with Gasteiger partial charge in [-0.1, -0.05) is 48.0 Å². The standard InChI is InChI=1S/C18H17ClFNO3S/c19-14-7-4-8-15(20)17(14)18(23)24-11-16(22)21-9-10-25-12-13-5-2-1-3-6-13/h1-8H,9-12H2,(H,21,22). The first kappa shape index (κ1) is 19.3. The molecule has 0 aromatic heterocycles. The van der Waals surface area contributed by atoms with Crippen LogP contribution in [-0.2, 0) is 15.3 Å². The van der Waals surface area contributed by atoms with Crippen LogP contribution < -0.4 is 5.32 Å². The molecule has 0 fully saturated rings.